The quantitative estimate of drug-likeness (QED) is 0.565. The molecule has 0 atom stereocenters. The van der Waals surface area contributed by atoms with Crippen molar-refractivity contribution >= 4 is 5.71 Å². The summed E-state index contributed by atoms with van der Waals surface area (Å²) < 4.78 is 5.53. The summed E-state index contributed by atoms with van der Waals surface area (Å²) >= 11 is 0. The maximum Gasteiger partial charge on any atom is 0.113 e. The summed E-state index contributed by atoms with van der Waals surface area (Å²) in [7, 11) is 1.55. The summed E-state index contributed by atoms with van der Waals surface area (Å²) in [5, 5.41) is 3.99. The Balaban J connectivity index is 2.77. The zero-order valence-corrected chi connectivity index (χ0v) is 10.4. The van der Waals surface area contributed by atoms with Gasteiger partial charge in [0.1, 0.15) is 12.8 Å². The smallest absolute Gasteiger partial charge is 0.113 e. The summed E-state index contributed by atoms with van der Waals surface area (Å²) in [6, 6.07) is 8.15. The van der Waals surface area contributed by atoms with E-state index in [0.717, 1.165) is 11.3 Å². The lowest BCUT2D eigenvalue weighted by Crippen LogP contribution is -2.15. The van der Waals surface area contributed by atoms with Gasteiger partial charge in [0.25, 0.3) is 0 Å². The van der Waals surface area contributed by atoms with Crippen LogP contribution in [-0.2, 0) is 9.57 Å². The number of oxime groups is 1. The van der Waals surface area contributed by atoms with Gasteiger partial charge in [-0.05, 0) is 20.8 Å². The van der Waals surface area contributed by atoms with Crippen molar-refractivity contribution in [2.75, 3.05) is 13.7 Å². The zero-order chi connectivity index (χ0) is 12.0. The number of benzene rings is 1. The van der Waals surface area contributed by atoms with Gasteiger partial charge < -0.3 is 9.57 Å². The van der Waals surface area contributed by atoms with Crippen molar-refractivity contribution < 1.29 is 9.57 Å². The predicted molar refractivity (Wildman–Crippen MR) is 65.8 cm³/mol. The van der Waals surface area contributed by atoms with E-state index in [1.165, 1.54) is 5.56 Å². The molecule has 0 unspecified atom stereocenters. The monoisotopic (exact) mass is 221 g/mol. The van der Waals surface area contributed by atoms with Crippen LogP contribution in [0.2, 0.25) is 0 Å². The second kappa shape index (κ2) is 6.28. The lowest BCUT2D eigenvalue weighted by molar-refractivity contribution is 0.107. The topological polar surface area (TPSA) is 30.8 Å². The Labute approximate surface area is 97.1 Å². The highest BCUT2D eigenvalue weighted by molar-refractivity contribution is 6.01. The van der Waals surface area contributed by atoms with Crippen molar-refractivity contribution in [3.05, 3.63) is 35.4 Å². The molecule has 1 rings (SSSR count). The normalized spacial score (nSPS) is 11.9. The van der Waals surface area contributed by atoms with Crippen molar-refractivity contribution in [3.63, 3.8) is 0 Å². The van der Waals surface area contributed by atoms with Gasteiger partial charge in [-0.3, -0.25) is 0 Å². The van der Waals surface area contributed by atoms with E-state index < -0.39 is 0 Å². The van der Waals surface area contributed by atoms with E-state index in [-0.39, 0.29) is 6.10 Å². The van der Waals surface area contributed by atoms with Crippen LogP contribution in [0.5, 0.6) is 0 Å². The molecular weight excluding hydrogens is 202 g/mol. The van der Waals surface area contributed by atoms with Crippen LogP contribution < -0.4 is 0 Å². The molecule has 0 saturated carbocycles. The van der Waals surface area contributed by atoms with Gasteiger partial charge in [0.05, 0.1) is 12.7 Å². The first-order valence-electron chi connectivity index (χ1n) is 5.42. The Morgan fingerprint density at radius 1 is 1.25 bits per heavy atom. The fourth-order valence-electron chi connectivity index (χ4n) is 1.26. The number of hydrogen-bond acceptors (Lipinski definition) is 3. The molecule has 0 aliphatic heterocycles. The molecule has 0 aromatic heterocycles. The molecule has 3 heteroatoms. The van der Waals surface area contributed by atoms with Crippen LogP contribution in [0.15, 0.2) is 29.4 Å². The average molecular weight is 221 g/mol. The van der Waals surface area contributed by atoms with E-state index >= 15 is 0 Å². The first-order valence-corrected chi connectivity index (χ1v) is 5.42. The minimum absolute atomic E-state index is 0.188. The van der Waals surface area contributed by atoms with E-state index in [1.54, 1.807) is 7.11 Å². The Morgan fingerprint density at radius 3 is 2.38 bits per heavy atom. The molecule has 0 saturated heterocycles. The maximum absolute atomic E-state index is 5.53. The maximum atomic E-state index is 5.53. The Bertz CT molecular complexity index is 341. The van der Waals surface area contributed by atoms with Crippen molar-refractivity contribution in [1.82, 2.24) is 0 Å². The number of nitrogens with zero attached hydrogens (tertiary/aromatic N) is 1. The summed E-state index contributed by atoms with van der Waals surface area (Å²) in [6.45, 7) is 6.52. The second-order valence-electron chi connectivity index (χ2n) is 3.95. The molecule has 0 heterocycles. The van der Waals surface area contributed by atoms with Crippen LogP contribution in [0.25, 0.3) is 0 Å². The van der Waals surface area contributed by atoms with Gasteiger partial charge in [-0.2, -0.15) is 0 Å². The molecule has 0 spiro atoms. The summed E-state index contributed by atoms with van der Waals surface area (Å²) in [5.41, 5.74) is 3.08. The molecule has 0 bridgehead atoms. The fraction of sp³-hybridized carbons (Fsp3) is 0.462. The highest BCUT2D eigenvalue weighted by Gasteiger charge is 2.05. The number of rotatable bonds is 5. The standard InChI is InChI=1S/C13H19NO2/c1-10(2)16-9-13(14-15-4)12-7-5-11(3)6-8-12/h5-8,10H,9H2,1-4H3. The highest BCUT2D eigenvalue weighted by Crippen LogP contribution is 2.06. The van der Waals surface area contributed by atoms with Crippen molar-refractivity contribution in [3.8, 4) is 0 Å². The van der Waals surface area contributed by atoms with Crippen LogP contribution >= 0.6 is 0 Å². The first-order chi connectivity index (χ1) is 7.63. The summed E-state index contributed by atoms with van der Waals surface area (Å²) in [5.74, 6) is 0. The third kappa shape index (κ3) is 4.03. The third-order valence-electron chi connectivity index (χ3n) is 2.14. The van der Waals surface area contributed by atoms with Gasteiger partial charge in [0.15, 0.2) is 0 Å². The van der Waals surface area contributed by atoms with Gasteiger partial charge in [0.2, 0.25) is 0 Å². The van der Waals surface area contributed by atoms with Gasteiger partial charge >= 0.3 is 0 Å². The number of hydrogen-bond donors (Lipinski definition) is 0. The van der Waals surface area contributed by atoms with Crippen LogP contribution in [-0.4, -0.2) is 25.5 Å². The Kier molecular flexibility index (Phi) is 4.99. The minimum Gasteiger partial charge on any atom is -0.399 e. The Morgan fingerprint density at radius 2 is 1.88 bits per heavy atom. The van der Waals surface area contributed by atoms with Gasteiger partial charge in [0, 0.05) is 5.56 Å². The Hall–Kier alpha value is -1.35. The lowest BCUT2D eigenvalue weighted by atomic mass is 10.1. The second-order valence-corrected chi connectivity index (χ2v) is 3.95. The van der Waals surface area contributed by atoms with E-state index in [9.17, 15) is 0 Å². The molecule has 0 aliphatic rings. The average Bonchev–Trinajstić information content (AvgIpc) is 2.25. The molecule has 88 valence electrons. The van der Waals surface area contributed by atoms with Crippen LogP contribution in [0.1, 0.15) is 25.0 Å². The molecule has 0 aliphatic carbocycles. The highest BCUT2D eigenvalue weighted by atomic mass is 16.6. The van der Waals surface area contributed by atoms with Crippen LogP contribution in [0.4, 0.5) is 0 Å². The van der Waals surface area contributed by atoms with E-state index in [2.05, 4.69) is 24.2 Å². The van der Waals surface area contributed by atoms with E-state index in [0.29, 0.717) is 6.61 Å². The molecule has 1 aromatic carbocycles. The molecule has 0 amide bonds. The zero-order valence-electron chi connectivity index (χ0n) is 10.4. The van der Waals surface area contributed by atoms with Crippen molar-refractivity contribution in [2.24, 2.45) is 5.16 Å². The van der Waals surface area contributed by atoms with Gasteiger partial charge in [-0.1, -0.05) is 35.0 Å². The van der Waals surface area contributed by atoms with Crippen molar-refractivity contribution in [2.45, 2.75) is 26.9 Å². The predicted octanol–water partition coefficient (Wildman–Crippen LogP) is 2.77. The third-order valence-corrected chi connectivity index (χ3v) is 2.14. The summed E-state index contributed by atoms with van der Waals surface area (Å²) in [6.07, 6.45) is 0.188. The van der Waals surface area contributed by atoms with Crippen LogP contribution in [0.3, 0.4) is 0 Å². The first kappa shape index (κ1) is 12.7. The minimum atomic E-state index is 0.188. The largest absolute Gasteiger partial charge is 0.399 e. The fourth-order valence-corrected chi connectivity index (χ4v) is 1.26. The SMILES string of the molecule is CON=C(COC(C)C)c1ccc(C)cc1. The molecule has 16 heavy (non-hydrogen) atoms. The number of aryl methyl sites for hydroxylation is 1. The van der Waals surface area contributed by atoms with Crippen molar-refractivity contribution in [1.29, 1.82) is 0 Å². The number of ether oxygens (including phenoxy) is 1. The van der Waals surface area contributed by atoms with E-state index in [4.69, 9.17) is 9.57 Å². The van der Waals surface area contributed by atoms with Gasteiger partial charge in [-0.15, -0.1) is 0 Å². The van der Waals surface area contributed by atoms with Gasteiger partial charge in [-0.25, -0.2) is 0 Å². The molecular formula is C13H19NO2. The molecule has 0 radical (unpaired) electrons. The summed E-state index contributed by atoms with van der Waals surface area (Å²) in [4.78, 5) is 4.83. The van der Waals surface area contributed by atoms with E-state index in [1.807, 2.05) is 26.0 Å². The molecule has 0 fully saturated rings. The van der Waals surface area contributed by atoms with Crippen LogP contribution in [0, 0.1) is 6.92 Å². The molecule has 1 aromatic rings. The molecule has 3 nitrogen and oxygen atoms in total. The molecule has 0 N–H and O–H groups in total. The lowest BCUT2D eigenvalue weighted by Gasteiger charge is -2.09.